The van der Waals surface area contributed by atoms with Gasteiger partial charge in [0.15, 0.2) is 6.61 Å². The lowest BCUT2D eigenvalue weighted by Gasteiger charge is -2.40. The van der Waals surface area contributed by atoms with E-state index in [9.17, 15) is 9.90 Å². The van der Waals surface area contributed by atoms with E-state index in [0.29, 0.717) is 0 Å². The van der Waals surface area contributed by atoms with Crippen molar-refractivity contribution in [3.8, 4) is 5.75 Å². The number of aliphatic hydroxyl groups excluding tert-OH is 1. The molecule has 1 aliphatic carbocycles. The zero-order chi connectivity index (χ0) is 13.9. The third-order valence-electron chi connectivity index (χ3n) is 3.71. The van der Waals surface area contributed by atoms with Crippen LogP contribution in [0.15, 0.2) is 18.2 Å². The summed E-state index contributed by atoms with van der Waals surface area (Å²) in [6, 6.07) is 5.86. The maximum absolute atomic E-state index is 11.8. The Kier molecular flexibility index (Phi) is 4.10. The highest BCUT2D eigenvalue weighted by Crippen LogP contribution is 2.31. The van der Waals surface area contributed by atoms with Gasteiger partial charge in [-0.25, -0.2) is 0 Å². The molecule has 2 rings (SSSR count). The van der Waals surface area contributed by atoms with E-state index in [2.05, 4.69) is 5.32 Å². The molecule has 0 bridgehead atoms. The van der Waals surface area contributed by atoms with Crippen LogP contribution in [-0.2, 0) is 4.79 Å². The van der Waals surface area contributed by atoms with Crippen LogP contribution in [0.4, 0.5) is 0 Å². The summed E-state index contributed by atoms with van der Waals surface area (Å²) < 4.78 is 5.52. The number of amides is 1. The average Bonchev–Trinajstić information content (AvgIpc) is 2.33. The summed E-state index contributed by atoms with van der Waals surface area (Å²) in [5.74, 6) is 0.557. The number of nitrogens with one attached hydrogen (secondary N) is 1. The fourth-order valence-corrected chi connectivity index (χ4v) is 2.36. The van der Waals surface area contributed by atoms with E-state index >= 15 is 0 Å². The van der Waals surface area contributed by atoms with Gasteiger partial charge in [0.05, 0.1) is 12.1 Å². The third-order valence-corrected chi connectivity index (χ3v) is 3.71. The Hall–Kier alpha value is -1.55. The van der Waals surface area contributed by atoms with Gasteiger partial charge in [-0.2, -0.15) is 0 Å². The zero-order valence-electron chi connectivity index (χ0n) is 11.5. The molecule has 104 valence electrons. The zero-order valence-corrected chi connectivity index (χ0v) is 11.5. The minimum absolute atomic E-state index is 0.00228. The second-order valence-electron chi connectivity index (χ2n) is 5.40. The van der Waals surface area contributed by atoms with Gasteiger partial charge in [-0.3, -0.25) is 4.79 Å². The average molecular weight is 263 g/mol. The molecule has 0 radical (unpaired) electrons. The number of benzene rings is 1. The first-order valence-corrected chi connectivity index (χ1v) is 6.67. The molecule has 2 N–H and O–H groups in total. The van der Waals surface area contributed by atoms with E-state index < -0.39 is 5.54 Å². The highest BCUT2D eigenvalue weighted by atomic mass is 16.5. The number of aryl methyl sites for hydroxylation is 2. The molecule has 0 atom stereocenters. The molecule has 1 aromatic carbocycles. The van der Waals surface area contributed by atoms with Crippen LogP contribution in [0.5, 0.6) is 5.75 Å². The molecule has 0 unspecified atom stereocenters. The van der Waals surface area contributed by atoms with Gasteiger partial charge < -0.3 is 15.2 Å². The Morgan fingerprint density at radius 2 is 2.16 bits per heavy atom. The Labute approximate surface area is 113 Å². The lowest BCUT2D eigenvalue weighted by atomic mass is 9.77. The first-order chi connectivity index (χ1) is 9.04. The van der Waals surface area contributed by atoms with Crippen LogP contribution in [0.25, 0.3) is 0 Å². The molecule has 1 aliphatic rings. The van der Waals surface area contributed by atoms with Crippen molar-refractivity contribution in [1.29, 1.82) is 0 Å². The van der Waals surface area contributed by atoms with Gasteiger partial charge in [-0.1, -0.05) is 17.7 Å². The SMILES string of the molecule is Cc1ccc(OCC(=O)NC2(CO)CCC2)c(C)c1. The van der Waals surface area contributed by atoms with E-state index in [-0.39, 0.29) is 19.1 Å². The molecular weight excluding hydrogens is 242 g/mol. The maximum atomic E-state index is 11.8. The molecule has 1 amide bonds. The third kappa shape index (κ3) is 3.26. The van der Waals surface area contributed by atoms with Crippen LogP contribution in [0.3, 0.4) is 0 Å². The molecule has 19 heavy (non-hydrogen) atoms. The number of ether oxygens (including phenoxy) is 1. The Morgan fingerprint density at radius 1 is 1.42 bits per heavy atom. The first-order valence-electron chi connectivity index (χ1n) is 6.67. The van der Waals surface area contributed by atoms with E-state index in [0.717, 1.165) is 30.6 Å². The van der Waals surface area contributed by atoms with Crippen molar-refractivity contribution in [1.82, 2.24) is 5.32 Å². The molecule has 0 spiro atoms. The quantitative estimate of drug-likeness (QED) is 0.850. The highest BCUT2D eigenvalue weighted by Gasteiger charge is 2.37. The van der Waals surface area contributed by atoms with Gasteiger partial charge >= 0.3 is 0 Å². The summed E-state index contributed by atoms with van der Waals surface area (Å²) >= 11 is 0. The standard InChI is InChI=1S/C15H21NO3/c1-11-4-5-13(12(2)8-11)19-9-14(18)16-15(10-17)6-3-7-15/h4-5,8,17H,3,6-7,9-10H2,1-2H3,(H,16,18). The van der Waals surface area contributed by atoms with Gasteiger partial charge in [0.1, 0.15) is 5.75 Å². The lowest BCUT2D eigenvalue weighted by molar-refractivity contribution is -0.127. The van der Waals surface area contributed by atoms with Crippen LogP contribution in [-0.4, -0.2) is 29.8 Å². The van der Waals surface area contributed by atoms with Gasteiger partial charge in [0.2, 0.25) is 0 Å². The van der Waals surface area contributed by atoms with Crippen molar-refractivity contribution < 1.29 is 14.6 Å². The summed E-state index contributed by atoms with van der Waals surface area (Å²) in [6.45, 7) is 3.97. The second kappa shape index (κ2) is 5.61. The molecule has 4 heteroatoms. The van der Waals surface area contributed by atoms with Gasteiger partial charge in [-0.15, -0.1) is 0 Å². The monoisotopic (exact) mass is 263 g/mol. The maximum Gasteiger partial charge on any atom is 0.258 e. The first kappa shape index (κ1) is 13.9. The Morgan fingerprint density at radius 3 is 2.68 bits per heavy atom. The topological polar surface area (TPSA) is 58.6 Å². The number of rotatable bonds is 5. The fourth-order valence-electron chi connectivity index (χ4n) is 2.36. The number of carbonyl (C=O) groups excluding carboxylic acids is 1. The lowest BCUT2D eigenvalue weighted by Crippen LogP contribution is -2.57. The molecular formula is C15H21NO3. The summed E-state index contributed by atoms with van der Waals surface area (Å²) in [5, 5.41) is 12.2. The van der Waals surface area contributed by atoms with Crippen molar-refractivity contribution >= 4 is 5.91 Å². The van der Waals surface area contributed by atoms with Crippen molar-refractivity contribution in [2.75, 3.05) is 13.2 Å². The number of hydrogen-bond acceptors (Lipinski definition) is 3. The molecule has 0 aromatic heterocycles. The molecule has 0 aliphatic heterocycles. The minimum atomic E-state index is -0.400. The number of aliphatic hydroxyl groups is 1. The van der Waals surface area contributed by atoms with Gasteiger partial charge in [0, 0.05) is 0 Å². The Bertz CT molecular complexity index is 461. The van der Waals surface area contributed by atoms with E-state index in [1.807, 2.05) is 32.0 Å². The highest BCUT2D eigenvalue weighted by molar-refractivity contribution is 5.78. The van der Waals surface area contributed by atoms with Gasteiger partial charge in [-0.05, 0) is 44.7 Å². The summed E-state index contributed by atoms with van der Waals surface area (Å²) in [4.78, 5) is 11.8. The summed E-state index contributed by atoms with van der Waals surface area (Å²) in [6.07, 6.45) is 2.75. The summed E-state index contributed by atoms with van der Waals surface area (Å²) in [5.41, 5.74) is 1.79. The Balaban J connectivity index is 1.86. The van der Waals surface area contributed by atoms with E-state index in [1.54, 1.807) is 0 Å². The van der Waals surface area contributed by atoms with Gasteiger partial charge in [0.25, 0.3) is 5.91 Å². The smallest absolute Gasteiger partial charge is 0.258 e. The van der Waals surface area contributed by atoms with Crippen LogP contribution in [0.2, 0.25) is 0 Å². The van der Waals surface area contributed by atoms with Crippen molar-refractivity contribution in [3.63, 3.8) is 0 Å². The molecule has 1 fully saturated rings. The van der Waals surface area contributed by atoms with E-state index in [1.165, 1.54) is 5.56 Å². The van der Waals surface area contributed by atoms with Crippen molar-refractivity contribution in [2.45, 2.75) is 38.6 Å². The predicted molar refractivity (Wildman–Crippen MR) is 73.2 cm³/mol. The second-order valence-corrected chi connectivity index (χ2v) is 5.40. The normalized spacial score (nSPS) is 16.6. The van der Waals surface area contributed by atoms with Crippen LogP contribution in [0, 0.1) is 13.8 Å². The largest absolute Gasteiger partial charge is 0.484 e. The molecule has 4 nitrogen and oxygen atoms in total. The van der Waals surface area contributed by atoms with Crippen LogP contribution < -0.4 is 10.1 Å². The van der Waals surface area contributed by atoms with Crippen molar-refractivity contribution in [3.05, 3.63) is 29.3 Å². The summed E-state index contributed by atoms with van der Waals surface area (Å²) in [7, 11) is 0. The molecule has 1 saturated carbocycles. The molecule has 0 saturated heterocycles. The molecule has 0 heterocycles. The fraction of sp³-hybridized carbons (Fsp3) is 0.533. The van der Waals surface area contributed by atoms with Crippen LogP contribution in [0.1, 0.15) is 30.4 Å². The van der Waals surface area contributed by atoms with Crippen molar-refractivity contribution in [2.24, 2.45) is 0 Å². The molecule has 1 aromatic rings. The van der Waals surface area contributed by atoms with Crippen LogP contribution >= 0.6 is 0 Å². The van der Waals surface area contributed by atoms with E-state index in [4.69, 9.17) is 4.74 Å². The number of hydrogen-bond donors (Lipinski definition) is 2. The predicted octanol–water partition coefficient (Wildman–Crippen LogP) is 1.71. The minimum Gasteiger partial charge on any atom is -0.484 e. The number of carbonyl (C=O) groups is 1.